The van der Waals surface area contributed by atoms with Gasteiger partial charge in [0, 0.05) is 24.2 Å². The fraction of sp³-hybridized carbons (Fsp3) is 0.300. The Balaban J connectivity index is 1.50. The molecule has 0 bridgehead atoms. The number of halogens is 3. The van der Waals surface area contributed by atoms with E-state index in [4.69, 9.17) is 23.2 Å². The third-order valence-corrected chi connectivity index (χ3v) is 5.13. The van der Waals surface area contributed by atoms with Crippen LogP contribution in [0.1, 0.15) is 28.8 Å². The number of likely N-dealkylation sites (tertiary alicyclic amines) is 1. The van der Waals surface area contributed by atoms with Crippen molar-refractivity contribution in [3.63, 3.8) is 0 Å². The van der Waals surface area contributed by atoms with Gasteiger partial charge in [0.05, 0.1) is 17.0 Å². The van der Waals surface area contributed by atoms with Gasteiger partial charge in [-0.1, -0.05) is 35.3 Å². The van der Waals surface area contributed by atoms with E-state index in [-0.39, 0.29) is 30.1 Å². The number of benzene rings is 2. The number of nitrogens with one attached hydrogen (secondary N) is 1. The molecule has 2 amide bonds. The van der Waals surface area contributed by atoms with E-state index >= 15 is 0 Å². The van der Waals surface area contributed by atoms with Gasteiger partial charge in [0.15, 0.2) is 0 Å². The Morgan fingerprint density at radius 3 is 2.37 bits per heavy atom. The molecule has 142 valence electrons. The third kappa shape index (κ3) is 5.21. The van der Waals surface area contributed by atoms with Crippen molar-refractivity contribution in [1.29, 1.82) is 0 Å². The van der Waals surface area contributed by atoms with Crippen molar-refractivity contribution in [2.45, 2.75) is 25.3 Å². The quantitative estimate of drug-likeness (QED) is 0.827. The van der Waals surface area contributed by atoms with Crippen molar-refractivity contribution in [2.75, 3.05) is 13.1 Å². The highest BCUT2D eigenvalue weighted by molar-refractivity contribution is 6.36. The van der Waals surface area contributed by atoms with Crippen LogP contribution in [-0.2, 0) is 11.2 Å². The first kappa shape index (κ1) is 19.6. The molecule has 1 saturated heterocycles. The standard InChI is InChI=1S/C20H19Cl2FN2O2/c21-14-3-6-17(18(22)12-14)20(27)25-9-7-16(8-10-25)24-19(26)11-13-1-4-15(23)5-2-13/h1-6,12,16H,7-11H2,(H,24,26). The van der Waals surface area contributed by atoms with Crippen LogP contribution >= 0.6 is 23.2 Å². The number of amides is 2. The van der Waals surface area contributed by atoms with Gasteiger partial charge in [0.25, 0.3) is 5.91 Å². The first-order chi connectivity index (χ1) is 12.9. The van der Waals surface area contributed by atoms with E-state index in [1.165, 1.54) is 12.1 Å². The maximum absolute atomic E-state index is 12.9. The highest BCUT2D eigenvalue weighted by atomic mass is 35.5. The average Bonchev–Trinajstić information content (AvgIpc) is 2.64. The topological polar surface area (TPSA) is 49.4 Å². The molecule has 2 aromatic rings. The Bertz CT molecular complexity index is 834. The largest absolute Gasteiger partial charge is 0.353 e. The third-order valence-electron chi connectivity index (χ3n) is 4.59. The van der Waals surface area contributed by atoms with Crippen LogP contribution in [0.4, 0.5) is 4.39 Å². The van der Waals surface area contributed by atoms with Crippen LogP contribution in [0, 0.1) is 5.82 Å². The van der Waals surface area contributed by atoms with E-state index in [0.717, 1.165) is 5.56 Å². The molecule has 2 aromatic carbocycles. The molecule has 0 spiro atoms. The molecule has 4 nitrogen and oxygen atoms in total. The molecule has 27 heavy (non-hydrogen) atoms. The Kier molecular flexibility index (Phi) is 6.34. The zero-order valence-electron chi connectivity index (χ0n) is 14.6. The minimum atomic E-state index is -0.322. The van der Waals surface area contributed by atoms with Gasteiger partial charge in [-0.25, -0.2) is 4.39 Å². The Morgan fingerprint density at radius 2 is 1.74 bits per heavy atom. The maximum atomic E-state index is 12.9. The monoisotopic (exact) mass is 408 g/mol. The maximum Gasteiger partial charge on any atom is 0.255 e. The number of piperidine rings is 1. The van der Waals surface area contributed by atoms with Crippen LogP contribution in [0.5, 0.6) is 0 Å². The van der Waals surface area contributed by atoms with E-state index < -0.39 is 0 Å². The Morgan fingerprint density at radius 1 is 1.07 bits per heavy atom. The summed E-state index contributed by atoms with van der Waals surface area (Å²) in [6.45, 7) is 1.08. The van der Waals surface area contributed by atoms with Gasteiger partial charge in [-0.3, -0.25) is 9.59 Å². The summed E-state index contributed by atoms with van der Waals surface area (Å²) in [5.74, 6) is -0.558. The van der Waals surface area contributed by atoms with Crippen LogP contribution in [0.3, 0.4) is 0 Å². The Labute approximate surface area is 167 Å². The van der Waals surface area contributed by atoms with Gasteiger partial charge >= 0.3 is 0 Å². The fourth-order valence-electron chi connectivity index (χ4n) is 3.13. The molecule has 0 aliphatic carbocycles. The molecule has 3 rings (SSSR count). The molecule has 1 N–H and O–H groups in total. The lowest BCUT2D eigenvalue weighted by molar-refractivity contribution is -0.121. The normalized spacial score (nSPS) is 14.9. The van der Waals surface area contributed by atoms with E-state index in [0.29, 0.717) is 41.5 Å². The lowest BCUT2D eigenvalue weighted by atomic mass is 10.0. The second-order valence-electron chi connectivity index (χ2n) is 6.56. The molecule has 1 aliphatic heterocycles. The van der Waals surface area contributed by atoms with Gasteiger partial charge in [-0.15, -0.1) is 0 Å². The van der Waals surface area contributed by atoms with Crippen LogP contribution in [0.25, 0.3) is 0 Å². The summed E-state index contributed by atoms with van der Waals surface area (Å²) in [7, 11) is 0. The fourth-order valence-corrected chi connectivity index (χ4v) is 3.62. The van der Waals surface area contributed by atoms with Crippen LogP contribution in [0.2, 0.25) is 10.0 Å². The SMILES string of the molecule is O=C(Cc1ccc(F)cc1)NC1CCN(C(=O)c2ccc(Cl)cc2Cl)CC1. The zero-order chi connectivity index (χ0) is 19.4. The second-order valence-corrected chi connectivity index (χ2v) is 7.41. The number of rotatable bonds is 4. The molecule has 0 aromatic heterocycles. The molecule has 0 radical (unpaired) electrons. The summed E-state index contributed by atoms with van der Waals surface area (Å²) in [5, 5.41) is 3.81. The van der Waals surface area contributed by atoms with Crippen molar-refractivity contribution in [1.82, 2.24) is 10.2 Å². The second kappa shape index (κ2) is 8.72. The van der Waals surface area contributed by atoms with Crippen molar-refractivity contribution < 1.29 is 14.0 Å². The predicted molar refractivity (Wildman–Crippen MR) is 104 cm³/mol. The van der Waals surface area contributed by atoms with Crippen molar-refractivity contribution >= 4 is 35.0 Å². The molecule has 0 atom stereocenters. The van der Waals surface area contributed by atoms with Gasteiger partial charge in [0.2, 0.25) is 5.91 Å². The van der Waals surface area contributed by atoms with Crippen LogP contribution < -0.4 is 5.32 Å². The van der Waals surface area contributed by atoms with E-state index in [2.05, 4.69) is 5.32 Å². The summed E-state index contributed by atoms with van der Waals surface area (Å²) in [4.78, 5) is 26.5. The number of nitrogens with zero attached hydrogens (tertiary/aromatic N) is 1. The molecule has 1 fully saturated rings. The minimum Gasteiger partial charge on any atom is -0.353 e. The smallest absolute Gasteiger partial charge is 0.255 e. The summed E-state index contributed by atoms with van der Waals surface area (Å²) in [6.07, 6.45) is 1.55. The van der Waals surface area contributed by atoms with Crippen LogP contribution in [-0.4, -0.2) is 35.8 Å². The van der Waals surface area contributed by atoms with E-state index in [1.807, 2.05) is 0 Å². The molecule has 7 heteroatoms. The number of carbonyl (C=O) groups excluding carboxylic acids is 2. The number of hydrogen-bond acceptors (Lipinski definition) is 2. The zero-order valence-corrected chi connectivity index (χ0v) is 16.1. The minimum absolute atomic E-state index is 0.0164. The molecular weight excluding hydrogens is 390 g/mol. The van der Waals surface area contributed by atoms with Crippen molar-refractivity contribution in [3.8, 4) is 0 Å². The van der Waals surface area contributed by atoms with Gasteiger partial charge in [-0.2, -0.15) is 0 Å². The number of hydrogen-bond donors (Lipinski definition) is 1. The molecule has 1 heterocycles. The average molecular weight is 409 g/mol. The summed E-state index contributed by atoms with van der Waals surface area (Å²) in [5.41, 5.74) is 1.19. The van der Waals surface area contributed by atoms with Crippen molar-refractivity contribution in [2.24, 2.45) is 0 Å². The highest BCUT2D eigenvalue weighted by Crippen LogP contribution is 2.23. The summed E-state index contributed by atoms with van der Waals surface area (Å²) in [6, 6.07) is 10.7. The molecule has 1 aliphatic rings. The van der Waals surface area contributed by atoms with E-state index in [9.17, 15) is 14.0 Å². The molecule has 0 saturated carbocycles. The van der Waals surface area contributed by atoms with E-state index in [1.54, 1.807) is 35.2 Å². The number of carbonyl (C=O) groups is 2. The first-order valence-electron chi connectivity index (χ1n) is 8.70. The van der Waals surface area contributed by atoms with Gasteiger partial charge < -0.3 is 10.2 Å². The lowest BCUT2D eigenvalue weighted by Crippen LogP contribution is -2.46. The van der Waals surface area contributed by atoms with Gasteiger partial charge in [0.1, 0.15) is 5.82 Å². The van der Waals surface area contributed by atoms with Crippen LogP contribution in [0.15, 0.2) is 42.5 Å². The first-order valence-corrected chi connectivity index (χ1v) is 9.46. The highest BCUT2D eigenvalue weighted by Gasteiger charge is 2.25. The predicted octanol–water partition coefficient (Wildman–Crippen LogP) is 4.10. The molecule has 0 unspecified atom stereocenters. The Hall–Kier alpha value is -2.11. The lowest BCUT2D eigenvalue weighted by Gasteiger charge is -2.32. The van der Waals surface area contributed by atoms with Crippen molar-refractivity contribution in [3.05, 3.63) is 69.5 Å². The summed E-state index contributed by atoms with van der Waals surface area (Å²) < 4.78 is 12.9. The molecular formula is C20H19Cl2FN2O2. The summed E-state index contributed by atoms with van der Waals surface area (Å²) >= 11 is 12.0. The van der Waals surface area contributed by atoms with Gasteiger partial charge in [-0.05, 0) is 48.7 Å².